The number of halogens is 3. The molecule has 0 saturated heterocycles. The highest BCUT2D eigenvalue weighted by atomic mass is 32.1. The summed E-state index contributed by atoms with van der Waals surface area (Å²) in [4.78, 5) is 28.1. The Morgan fingerprint density at radius 3 is 2.43 bits per heavy atom. The van der Waals surface area contributed by atoms with Crippen LogP contribution in [0.25, 0.3) is 10.6 Å². The molecule has 0 aliphatic heterocycles. The Labute approximate surface area is 162 Å². The molecule has 0 bridgehead atoms. The van der Waals surface area contributed by atoms with Crippen molar-refractivity contribution in [3.8, 4) is 16.3 Å². The molecule has 1 heterocycles. The maximum atomic E-state index is 12.3. The van der Waals surface area contributed by atoms with Gasteiger partial charge in [0.25, 0.3) is 5.91 Å². The number of hydrogen-bond donors (Lipinski definition) is 2. The highest BCUT2D eigenvalue weighted by Gasteiger charge is 2.32. The van der Waals surface area contributed by atoms with Crippen LogP contribution in [0.2, 0.25) is 0 Å². The van der Waals surface area contributed by atoms with E-state index in [0.29, 0.717) is 28.3 Å². The molecule has 1 fully saturated rings. The maximum absolute atomic E-state index is 12.3. The van der Waals surface area contributed by atoms with Gasteiger partial charge in [0.05, 0.1) is 6.20 Å². The first-order valence-electron chi connectivity index (χ1n) is 8.29. The first-order valence-corrected chi connectivity index (χ1v) is 9.11. The van der Waals surface area contributed by atoms with Gasteiger partial charge in [0.1, 0.15) is 15.6 Å². The smallest absolute Gasteiger partial charge is 0.406 e. The van der Waals surface area contributed by atoms with Crippen LogP contribution in [-0.2, 0) is 4.79 Å². The largest absolute Gasteiger partial charge is 0.573 e. The van der Waals surface area contributed by atoms with Crippen molar-refractivity contribution in [3.63, 3.8) is 0 Å². The highest BCUT2D eigenvalue weighted by molar-refractivity contribution is 7.16. The quantitative estimate of drug-likeness (QED) is 0.715. The number of alkyl halides is 3. The Morgan fingerprint density at radius 1 is 1.18 bits per heavy atom. The molecule has 0 radical (unpaired) electrons. The zero-order chi connectivity index (χ0) is 20.3. The van der Waals surface area contributed by atoms with Gasteiger partial charge < -0.3 is 15.4 Å². The molecule has 10 heteroatoms. The van der Waals surface area contributed by atoms with Gasteiger partial charge in [-0.15, -0.1) is 24.5 Å². The van der Waals surface area contributed by atoms with Crippen molar-refractivity contribution in [3.05, 3.63) is 48.0 Å². The number of ether oxygens (including phenoxy) is 1. The fraction of sp³-hybridized carbons (Fsp3) is 0.278. The molecule has 2 N–H and O–H groups in total. The molecule has 0 spiro atoms. The predicted octanol–water partition coefficient (Wildman–Crippen LogP) is 3.27. The number of hydrogen-bond acceptors (Lipinski definition) is 5. The number of nitrogens with zero attached hydrogens (tertiary/aromatic N) is 1. The second-order valence-corrected chi connectivity index (χ2v) is 7.18. The number of carbonyl (C=O) groups is 2. The number of aromatic nitrogens is 1. The standard InChI is InChI=1S/C18H16F3N3O3S/c1-2-15(25)23-11-7-12(8-11)24-16(26)14-9-22-17(28-14)10-3-5-13(6-4-10)27-18(19,20)21/h2-6,9,11-12H,1,7-8H2,(H,23,25)(H,24,26). The van der Waals surface area contributed by atoms with E-state index in [1.807, 2.05) is 0 Å². The van der Waals surface area contributed by atoms with E-state index in [4.69, 9.17) is 0 Å². The van der Waals surface area contributed by atoms with E-state index in [-0.39, 0.29) is 29.6 Å². The normalized spacial score (nSPS) is 18.7. The van der Waals surface area contributed by atoms with E-state index in [0.717, 1.165) is 11.3 Å². The second kappa shape index (κ2) is 8.01. The topological polar surface area (TPSA) is 80.3 Å². The highest BCUT2D eigenvalue weighted by Crippen LogP contribution is 2.29. The first kappa shape index (κ1) is 19.9. The van der Waals surface area contributed by atoms with Gasteiger partial charge in [-0.05, 0) is 43.2 Å². The minimum absolute atomic E-state index is 0.0188. The summed E-state index contributed by atoms with van der Waals surface area (Å²) in [6.45, 7) is 3.38. The Morgan fingerprint density at radius 2 is 1.82 bits per heavy atom. The predicted molar refractivity (Wildman–Crippen MR) is 96.8 cm³/mol. The van der Waals surface area contributed by atoms with Crippen LogP contribution in [0.1, 0.15) is 22.5 Å². The number of benzene rings is 1. The summed E-state index contributed by atoms with van der Waals surface area (Å²) in [7, 11) is 0. The summed E-state index contributed by atoms with van der Waals surface area (Å²) in [5, 5.41) is 6.13. The van der Waals surface area contributed by atoms with Crippen LogP contribution in [0, 0.1) is 0 Å². The van der Waals surface area contributed by atoms with Crippen LogP contribution >= 0.6 is 11.3 Å². The van der Waals surface area contributed by atoms with Gasteiger partial charge in [-0.1, -0.05) is 6.58 Å². The average molecular weight is 411 g/mol. The van der Waals surface area contributed by atoms with Gasteiger partial charge in [-0.3, -0.25) is 9.59 Å². The number of amides is 2. The summed E-state index contributed by atoms with van der Waals surface area (Å²) >= 11 is 1.14. The molecule has 0 atom stereocenters. The van der Waals surface area contributed by atoms with Crippen molar-refractivity contribution in [2.75, 3.05) is 0 Å². The third-order valence-corrected chi connectivity index (χ3v) is 5.11. The summed E-state index contributed by atoms with van der Waals surface area (Å²) < 4.78 is 40.4. The number of thiazole rings is 1. The van der Waals surface area contributed by atoms with Gasteiger partial charge in [-0.25, -0.2) is 4.98 Å². The van der Waals surface area contributed by atoms with E-state index in [1.54, 1.807) is 0 Å². The van der Waals surface area contributed by atoms with Crippen LogP contribution < -0.4 is 15.4 Å². The van der Waals surface area contributed by atoms with Crippen LogP contribution in [0.5, 0.6) is 5.75 Å². The lowest BCUT2D eigenvalue weighted by molar-refractivity contribution is -0.274. The summed E-state index contributed by atoms with van der Waals surface area (Å²) in [5.74, 6) is -0.846. The lowest BCUT2D eigenvalue weighted by Crippen LogP contribution is -2.53. The average Bonchev–Trinajstić information content (AvgIpc) is 3.09. The molecule has 2 aromatic rings. The molecular formula is C18H16F3N3O3S. The molecule has 28 heavy (non-hydrogen) atoms. The van der Waals surface area contributed by atoms with Gasteiger partial charge in [-0.2, -0.15) is 0 Å². The lowest BCUT2D eigenvalue weighted by atomic mass is 9.86. The Bertz CT molecular complexity index is 874. The summed E-state index contributed by atoms with van der Waals surface area (Å²) in [5.41, 5.74) is 0.578. The van der Waals surface area contributed by atoms with Crippen LogP contribution in [0.3, 0.4) is 0 Å². The molecule has 148 valence electrons. The molecule has 1 saturated carbocycles. The van der Waals surface area contributed by atoms with E-state index in [1.165, 1.54) is 36.5 Å². The molecule has 1 aromatic carbocycles. The zero-order valence-electron chi connectivity index (χ0n) is 14.5. The molecular weight excluding hydrogens is 395 g/mol. The van der Waals surface area contributed by atoms with E-state index < -0.39 is 6.36 Å². The number of carbonyl (C=O) groups excluding carboxylic acids is 2. The van der Waals surface area contributed by atoms with E-state index in [2.05, 4.69) is 26.9 Å². The first-order chi connectivity index (χ1) is 13.2. The Balaban J connectivity index is 1.54. The minimum Gasteiger partial charge on any atom is -0.406 e. The summed E-state index contributed by atoms with van der Waals surface area (Å²) in [6, 6.07) is 5.25. The number of nitrogens with one attached hydrogen (secondary N) is 2. The molecule has 6 nitrogen and oxygen atoms in total. The van der Waals surface area contributed by atoms with Crippen molar-refractivity contribution >= 4 is 23.2 Å². The van der Waals surface area contributed by atoms with Gasteiger partial charge >= 0.3 is 6.36 Å². The van der Waals surface area contributed by atoms with Gasteiger partial charge in [0, 0.05) is 17.6 Å². The SMILES string of the molecule is C=CC(=O)NC1CC(NC(=O)c2cnc(-c3ccc(OC(F)(F)F)cc3)s2)C1. The van der Waals surface area contributed by atoms with Crippen LogP contribution in [-0.4, -0.2) is 35.2 Å². The fourth-order valence-electron chi connectivity index (χ4n) is 2.68. The van der Waals surface area contributed by atoms with Crippen LogP contribution in [0.15, 0.2) is 43.1 Å². The fourth-order valence-corrected chi connectivity index (χ4v) is 3.51. The summed E-state index contributed by atoms with van der Waals surface area (Å²) in [6.07, 6.45) is -0.851. The number of rotatable bonds is 6. The molecule has 1 aliphatic rings. The van der Waals surface area contributed by atoms with Gasteiger partial charge in [0.15, 0.2) is 0 Å². The monoisotopic (exact) mass is 411 g/mol. The Hall–Kier alpha value is -2.88. The third kappa shape index (κ3) is 5.10. The molecule has 3 rings (SSSR count). The van der Waals surface area contributed by atoms with Crippen LogP contribution in [0.4, 0.5) is 13.2 Å². The van der Waals surface area contributed by atoms with E-state index in [9.17, 15) is 22.8 Å². The molecule has 2 amide bonds. The minimum atomic E-state index is -4.75. The van der Waals surface area contributed by atoms with Crippen molar-refractivity contribution < 1.29 is 27.5 Å². The molecule has 1 aromatic heterocycles. The Kier molecular flexibility index (Phi) is 5.68. The zero-order valence-corrected chi connectivity index (χ0v) is 15.3. The lowest BCUT2D eigenvalue weighted by Gasteiger charge is -2.35. The van der Waals surface area contributed by atoms with Gasteiger partial charge in [0.2, 0.25) is 5.91 Å². The second-order valence-electron chi connectivity index (χ2n) is 6.15. The van der Waals surface area contributed by atoms with Crippen molar-refractivity contribution in [1.82, 2.24) is 15.6 Å². The van der Waals surface area contributed by atoms with Crippen molar-refractivity contribution in [2.45, 2.75) is 31.3 Å². The van der Waals surface area contributed by atoms with E-state index >= 15 is 0 Å². The molecule has 1 aliphatic carbocycles. The maximum Gasteiger partial charge on any atom is 0.573 e. The third-order valence-electron chi connectivity index (χ3n) is 4.07. The van der Waals surface area contributed by atoms with Crippen molar-refractivity contribution in [2.24, 2.45) is 0 Å². The van der Waals surface area contributed by atoms with Crippen molar-refractivity contribution in [1.29, 1.82) is 0 Å². The molecule has 0 unspecified atom stereocenters.